The molecule has 134 valence electrons. The van der Waals surface area contributed by atoms with Gasteiger partial charge in [-0.2, -0.15) is 0 Å². The highest BCUT2D eigenvalue weighted by Crippen LogP contribution is 2.32. The Balaban J connectivity index is 1.26. The zero-order valence-corrected chi connectivity index (χ0v) is 14.9. The van der Waals surface area contributed by atoms with Gasteiger partial charge < -0.3 is 19.5 Å². The van der Waals surface area contributed by atoms with Crippen molar-refractivity contribution in [1.82, 2.24) is 14.9 Å². The molecule has 2 aliphatic heterocycles. The van der Waals surface area contributed by atoms with Gasteiger partial charge in [-0.1, -0.05) is 6.42 Å². The number of likely N-dealkylation sites (tertiary alicyclic amines) is 1. The van der Waals surface area contributed by atoms with Crippen LogP contribution in [-0.2, 0) is 13.0 Å². The van der Waals surface area contributed by atoms with Gasteiger partial charge in [0.1, 0.15) is 11.6 Å². The third-order valence-corrected chi connectivity index (χ3v) is 5.27. The molecule has 1 saturated heterocycles. The molecular weight excluding hydrogens is 312 g/mol. The second-order valence-electron chi connectivity index (χ2n) is 7.10. The number of nitrogens with one attached hydrogen (secondary N) is 1. The molecule has 2 aromatic rings. The third-order valence-electron chi connectivity index (χ3n) is 5.27. The maximum absolute atomic E-state index is 6.00. The van der Waals surface area contributed by atoms with Crippen LogP contribution in [0.25, 0.3) is 0 Å². The molecule has 5 nitrogen and oxygen atoms in total. The zero-order chi connectivity index (χ0) is 16.9. The van der Waals surface area contributed by atoms with Crippen molar-refractivity contribution in [2.75, 3.05) is 37.7 Å². The van der Waals surface area contributed by atoms with Crippen molar-refractivity contribution < 1.29 is 4.74 Å². The van der Waals surface area contributed by atoms with Gasteiger partial charge in [0.05, 0.1) is 13.2 Å². The number of nitrogens with zero attached hydrogens (tertiary/aromatic N) is 3. The van der Waals surface area contributed by atoms with E-state index in [4.69, 9.17) is 4.74 Å². The molecule has 0 amide bonds. The molecular formula is C20H28N4O. The molecule has 5 heteroatoms. The Morgan fingerprint density at radius 1 is 1.12 bits per heavy atom. The number of hydrogen-bond donors (Lipinski definition) is 1. The van der Waals surface area contributed by atoms with Crippen LogP contribution in [0.15, 0.2) is 30.6 Å². The maximum Gasteiger partial charge on any atom is 0.125 e. The molecule has 4 rings (SSSR count). The van der Waals surface area contributed by atoms with E-state index in [-0.39, 0.29) is 0 Å². The molecule has 25 heavy (non-hydrogen) atoms. The number of fused-ring (bicyclic) bond motifs is 1. The Hall–Kier alpha value is -2.01. The fourth-order valence-electron chi connectivity index (χ4n) is 3.93. The van der Waals surface area contributed by atoms with E-state index < -0.39 is 0 Å². The molecule has 1 aromatic carbocycles. The number of ether oxygens (including phenoxy) is 1. The summed E-state index contributed by atoms with van der Waals surface area (Å²) in [6, 6.07) is 6.53. The normalized spacial score (nSPS) is 17.7. The summed E-state index contributed by atoms with van der Waals surface area (Å²) in [5, 5.41) is 0. The summed E-state index contributed by atoms with van der Waals surface area (Å²) in [5.74, 6) is 2.03. The van der Waals surface area contributed by atoms with Gasteiger partial charge in [-0.05, 0) is 62.5 Å². The van der Waals surface area contributed by atoms with Crippen molar-refractivity contribution >= 4 is 5.69 Å². The lowest BCUT2D eigenvalue weighted by atomic mass is 10.1. The van der Waals surface area contributed by atoms with E-state index in [0.717, 1.165) is 44.1 Å². The summed E-state index contributed by atoms with van der Waals surface area (Å²) in [5.41, 5.74) is 2.71. The van der Waals surface area contributed by atoms with Gasteiger partial charge in [0.2, 0.25) is 0 Å². The van der Waals surface area contributed by atoms with Gasteiger partial charge in [-0.25, -0.2) is 4.98 Å². The lowest BCUT2D eigenvalue weighted by Crippen LogP contribution is -2.31. The highest BCUT2D eigenvalue weighted by atomic mass is 16.5. The molecule has 0 radical (unpaired) electrons. The Morgan fingerprint density at radius 2 is 2.04 bits per heavy atom. The summed E-state index contributed by atoms with van der Waals surface area (Å²) in [6.45, 7) is 6.41. The number of piperidine rings is 1. The zero-order valence-electron chi connectivity index (χ0n) is 14.9. The van der Waals surface area contributed by atoms with Crippen LogP contribution in [0.2, 0.25) is 0 Å². The van der Waals surface area contributed by atoms with Crippen LogP contribution in [0.1, 0.15) is 37.1 Å². The van der Waals surface area contributed by atoms with Gasteiger partial charge in [-0.3, -0.25) is 0 Å². The molecule has 2 aliphatic rings. The lowest BCUT2D eigenvalue weighted by molar-refractivity contribution is 0.205. The van der Waals surface area contributed by atoms with Crippen LogP contribution in [0.4, 0.5) is 5.69 Å². The number of benzene rings is 1. The van der Waals surface area contributed by atoms with Gasteiger partial charge in [-0.15, -0.1) is 0 Å². The van der Waals surface area contributed by atoms with Crippen LogP contribution in [0.5, 0.6) is 5.75 Å². The topological polar surface area (TPSA) is 44.4 Å². The molecule has 0 bridgehead atoms. The summed E-state index contributed by atoms with van der Waals surface area (Å²) in [4.78, 5) is 12.5. The first-order valence-electron chi connectivity index (χ1n) is 9.60. The minimum Gasteiger partial charge on any atom is -0.494 e. The van der Waals surface area contributed by atoms with E-state index >= 15 is 0 Å². The van der Waals surface area contributed by atoms with Crippen molar-refractivity contribution in [1.29, 1.82) is 0 Å². The number of H-pyrrole nitrogens is 1. The fraction of sp³-hybridized carbons (Fsp3) is 0.550. The van der Waals surface area contributed by atoms with Gasteiger partial charge >= 0.3 is 0 Å². The van der Waals surface area contributed by atoms with E-state index in [2.05, 4.69) is 38.0 Å². The van der Waals surface area contributed by atoms with Crippen molar-refractivity contribution in [3.05, 3.63) is 42.0 Å². The number of imidazole rings is 1. The largest absolute Gasteiger partial charge is 0.494 e. The van der Waals surface area contributed by atoms with Crippen LogP contribution in [-0.4, -0.2) is 47.7 Å². The lowest BCUT2D eigenvalue weighted by Gasteiger charge is -2.26. The van der Waals surface area contributed by atoms with Crippen LogP contribution in [0, 0.1) is 0 Å². The molecule has 0 saturated carbocycles. The third kappa shape index (κ3) is 4.15. The van der Waals surface area contributed by atoms with Crippen molar-refractivity contribution in [2.24, 2.45) is 0 Å². The minimum atomic E-state index is 0.811. The highest BCUT2D eigenvalue weighted by Gasteiger charge is 2.20. The van der Waals surface area contributed by atoms with Gasteiger partial charge in [0.15, 0.2) is 0 Å². The smallest absolute Gasteiger partial charge is 0.125 e. The van der Waals surface area contributed by atoms with Crippen LogP contribution in [0.3, 0.4) is 0 Å². The molecule has 0 aliphatic carbocycles. The Morgan fingerprint density at radius 3 is 2.88 bits per heavy atom. The highest BCUT2D eigenvalue weighted by molar-refractivity contribution is 5.60. The van der Waals surface area contributed by atoms with Gasteiger partial charge in [0, 0.05) is 31.2 Å². The standard InChI is InChI=1S/C20H28N4O/c1-2-10-23(11-3-1)12-4-14-25-18-5-6-19-17(15-18)7-13-24(19)16-20-21-8-9-22-20/h5-6,8-9,15H,1-4,7,10-14,16H2,(H,21,22). The first-order valence-corrected chi connectivity index (χ1v) is 9.60. The Labute approximate surface area is 150 Å². The molecule has 3 heterocycles. The molecule has 0 unspecified atom stereocenters. The van der Waals surface area contributed by atoms with E-state index in [9.17, 15) is 0 Å². The van der Waals surface area contributed by atoms with Crippen molar-refractivity contribution in [2.45, 2.75) is 38.6 Å². The van der Waals surface area contributed by atoms with Crippen molar-refractivity contribution in [3.63, 3.8) is 0 Å². The predicted octanol–water partition coefficient (Wildman–Crippen LogP) is 3.23. The van der Waals surface area contributed by atoms with E-state index in [1.807, 2.05) is 12.4 Å². The van der Waals surface area contributed by atoms with E-state index in [0.29, 0.717) is 0 Å². The molecule has 0 spiro atoms. The first-order chi connectivity index (χ1) is 12.4. The molecule has 1 N–H and O–H groups in total. The summed E-state index contributed by atoms with van der Waals surface area (Å²) in [6.07, 6.45) is 10.0. The minimum absolute atomic E-state index is 0.811. The van der Waals surface area contributed by atoms with Crippen LogP contribution < -0.4 is 9.64 Å². The summed E-state index contributed by atoms with van der Waals surface area (Å²) in [7, 11) is 0. The number of rotatable bonds is 7. The maximum atomic E-state index is 6.00. The van der Waals surface area contributed by atoms with Crippen LogP contribution >= 0.6 is 0 Å². The SMILES string of the molecule is c1c[nH]c(CN2CCc3cc(OCCCN4CCCCC4)ccc32)n1. The average molecular weight is 340 g/mol. The van der Waals surface area contributed by atoms with E-state index in [1.54, 1.807) is 0 Å². The molecule has 1 fully saturated rings. The Kier molecular flexibility index (Phi) is 5.21. The first kappa shape index (κ1) is 16.5. The average Bonchev–Trinajstić information content (AvgIpc) is 3.30. The second-order valence-corrected chi connectivity index (χ2v) is 7.10. The Bertz CT molecular complexity index is 664. The number of aromatic amines is 1. The predicted molar refractivity (Wildman–Crippen MR) is 100 cm³/mol. The van der Waals surface area contributed by atoms with Gasteiger partial charge in [0.25, 0.3) is 0 Å². The molecule has 1 aromatic heterocycles. The fourth-order valence-corrected chi connectivity index (χ4v) is 3.93. The summed E-state index contributed by atoms with van der Waals surface area (Å²) < 4.78 is 6.00. The monoisotopic (exact) mass is 340 g/mol. The van der Waals surface area contributed by atoms with Crippen molar-refractivity contribution in [3.8, 4) is 5.75 Å². The van der Waals surface area contributed by atoms with E-state index in [1.165, 1.54) is 50.1 Å². The summed E-state index contributed by atoms with van der Waals surface area (Å²) >= 11 is 0. The molecule has 0 atom stereocenters. The number of anilines is 1. The quantitative estimate of drug-likeness (QED) is 0.786. The number of hydrogen-bond acceptors (Lipinski definition) is 4. The second kappa shape index (κ2) is 7.91. The number of aromatic nitrogens is 2.